The van der Waals surface area contributed by atoms with Crippen molar-refractivity contribution >= 4 is 17.6 Å². The third-order valence-electron chi connectivity index (χ3n) is 6.61. The number of hydrogen-bond acceptors (Lipinski definition) is 2. The number of benzene rings is 3. The van der Waals surface area contributed by atoms with Crippen LogP contribution in [0.25, 0.3) is 0 Å². The van der Waals surface area contributed by atoms with Crippen LogP contribution in [0.1, 0.15) is 61.1 Å². The Morgan fingerprint density at radius 2 is 1.58 bits per heavy atom. The maximum Gasteiger partial charge on any atom is 0.314 e. The van der Waals surface area contributed by atoms with Gasteiger partial charge < -0.3 is 4.74 Å². The summed E-state index contributed by atoms with van der Waals surface area (Å²) in [4.78, 5) is 12.5. The van der Waals surface area contributed by atoms with Crippen LogP contribution in [0, 0.1) is 17.6 Å². The summed E-state index contributed by atoms with van der Waals surface area (Å²) in [6.07, 6.45) is 2.96. The number of carbonyl (C=O) groups excluding carboxylic acids is 1. The lowest BCUT2D eigenvalue weighted by molar-refractivity contribution is -0.140. The summed E-state index contributed by atoms with van der Waals surface area (Å²) in [5.41, 5.74) is 1.87. The lowest BCUT2D eigenvalue weighted by atomic mass is 9.78. The fourth-order valence-electron chi connectivity index (χ4n) is 4.62. The summed E-state index contributed by atoms with van der Waals surface area (Å²) in [7, 11) is 0. The van der Waals surface area contributed by atoms with Crippen LogP contribution >= 0.6 is 11.6 Å². The zero-order chi connectivity index (χ0) is 23.4. The number of halogens is 3. The molecule has 0 heterocycles. The molecule has 172 valence electrons. The van der Waals surface area contributed by atoms with Crippen molar-refractivity contribution in [1.29, 1.82) is 0 Å². The van der Waals surface area contributed by atoms with Crippen molar-refractivity contribution in [3.8, 4) is 5.75 Å². The van der Waals surface area contributed by atoms with Gasteiger partial charge >= 0.3 is 5.97 Å². The van der Waals surface area contributed by atoms with E-state index >= 15 is 0 Å². The number of carbonyl (C=O) groups is 1. The van der Waals surface area contributed by atoms with Crippen LogP contribution in [-0.4, -0.2) is 5.97 Å². The minimum Gasteiger partial charge on any atom is -0.426 e. The minimum atomic E-state index is -0.489. The van der Waals surface area contributed by atoms with Crippen LogP contribution in [0.15, 0.2) is 66.7 Å². The van der Waals surface area contributed by atoms with Gasteiger partial charge in [0.15, 0.2) is 0 Å². The fraction of sp³-hybridized carbons (Fsp3) is 0.321. The molecule has 3 aromatic rings. The zero-order valence-corrected chi connectivity index (χ0v) is 19.3. The van der Waals surface area contributed by atoms with E-state index in [1.165, 1.54) is 12.1 Å². The first kappa shape index (κ1) is 23.4. The number of esters is 1. The SMILES string of the molecule is CC(Cc1c(F)cc(C2CCC(C(=O)Oc3ccc(Cl)cc3)CC2)cc1F)c1ccccc1. The van der Waals surface area contributed by atoms with Gasteiger partial charge in [0.05, 0.1) is 5.92 Å². The normalized spacial score (nSPS) is 19.2. The molecule has 1 fully saturated rings. The highest BCUT2D eigenvalue weighted by Crippen LogP contribution is 2.38. The molecular weight excluding hydrogens is 442 g/mol. The molecule has 0 amide bonds. The van der Waals surface area contributed by atoms with Crippen molar-refractivity contribution in [2.75, 3.05) is 0 Å². The molecule has 0 aliphatic heterocycles. The van der Waals surface area contributed by atoms with E-state index in [2.05, 4.69) is 0 Å². The van der Waals surface area contributed by atoms with Crippen molar-refractivity contribution in [2.45, 2.75) is 50.9 Å². The summed E-state index contributed by atoms with van der Waals surface area (Å²) in [5.74, 6) is -0.932. The van der Waals surface area contributed by atoms with E-state index in [0.717, 1.165) is 5.56 Å². The predicted molar refractivity (Wildman–Crippen MR) is 127 cm³/mol. The van der Waals surface area contributed by atoms with Crippen LogP contribution in [0.5, 0.6) is 5.75 Å². The van der Waals surface area contributed by atoms with Gasteiger partial charge in [0.1, 0.15) is 17.4 Å². The van der Waals surface area contributed by atoms with Gasteiger partial charge in [-0.25, -0.2) is 8.78 Å². The van der Waals surface area contributed by atoms with E-state index in [-0.39, 0.29) is 29.3 Å². The summed E-state index contributed by atoms with van der Waals surface area (Å²) in [6, 6.07) is 19.4. The smallest absolute Gasteiger partial charge is 0.314 e. The Kier molecular flexibility index (Phi) is 7.44. The van der Waals surface area contributed by atoms with Gasteiger partial charge in [-0.1, -0.05) is 48.9 Å². The van der Waals surface area contributed by atoms with Crippen molar-refractivity contribution in [2.24, 2.45) is 5.92 Å². The Bertz CT molecular complexity index is 1070. The molecule has 2 nitrogen and oxygen atoms in total. The van der Waals surface area contributed by atoms with E-state index in [9.17, 15) is 13.6 Å². The highest BCUT2D eigenvalue weighted by Gasteiger charge is 2.29. The highest BCUT2D eigenvalue weighted by molar-refractivity contribution is 6.30. The van der Waals surface area contributed by atoms with Gasteiger partial charge in [-0.15, -0.1) is 0 Å². The number of hydrogen-bond donors (Lipinski definition) is 0. The first-order valence-electron chi connectivity index (χ1n) is 11.4. The average Bonchev–Trinajstić information content (AvgIpc) is 2.83. The maximum atomic E-state index is 14.9. The Morgan fingerprint density at radius 3 is 2.18 bits per heavy atom. The molecule has 0 bridgehead atoms. The minimum absolute atomic E-state index is 0.0168. The summed E-state index contributed by atoms with van der Waals surface area (Å²) < 4.78 is 35.2. The molecule has 1 saturated carbocycles. The van der Waals surface area contributed by atoms with Gasteiger partial charge in [0.2, 0.25) is 0 Å². The molecule has 3 aromatic carbocycles. The van der Waals surface area contributed by atoms with Crippen LogP contribution < -0.4 is 4.74 Å². The van der Waals surface area contributed by atoms with Crippen molar-refractivity contribution in [3.05, 3.63) is 100 Å². The van der Waals surface area contributed by atoms with E-state index in [4.69, 9.17) is 16.3 Å². The second-order valence-corrected chi connectivity index (χ2v) is 9.34. The second kappa shape index (κ2) is 10.5. The molecule has 0 spiro atoms. The predicted octanol–water partition coefficient (Wildman–Crippen LogP) is 7.84. The largest absolute Gasteiger partial charge is 0.426 e. The van der Waals surface area contributed by atoms with Crippen LogP contribution in [0.4, 0.5) is 8.78 Å². The first-order valence-corrected chi connectivity index (χ1v) is 11.8. The monoisotopic (exact) mass is 468 g/mol. The number of ether oxygens (including phenoxy) is 1. The molecule has 0 saturated heterocycles. The molecule has 1 aliphatic rings. The molecular formula is C28H27ClF2O2. The standard InChI is InChI=1S/C28H27ClF2O2/c1-18(19-5-3-2-4-6-19)15-25-26(30)16-22(17-27(25)31)20-7-9-21(10-8-20)28(32)33-24-13-11-23(29)12-14-24/h2-6,11-14,16-18,20-21H,7-10,15H2,1H3. The third kappa shape index (κ3) is 5.80. The highest BCUT2D eigenvalue weighted by atomic mass is 35.5. The van der Waals surface area contributed by atoms with Crippen LogP contribution in [0.2, 0.25) is 5.02 Å². The summed E-state index contributed by atoms with van der Waals surface area (Å²) in [5, 5.41) is 0.579. The van der Waals surface area contributed by atoms with Gasteiger partial charge in [-0.3, -0.25) is 4.79 Å². The average molecular weight is 469 g/mol. The van der Waals surface area contributed by atoms with Crippen LogP contribution in [0.3, 0.4) is 0 Å². The van der Waals surface area contributed by atoms with Gasteiger partial charge in [-0.05, 0) is 91.5 Å². The van der Waals surface area contributed by atoms with Gasteiger partial charge in [0, 0.05) is 10.6 Å². The topological polar surface area (TPSA) is 26.3 Å². The molecule has 5 heteroatoms. The number of rotatable bonds is 6. The van der Waals surface area contributed by atoms with Gasteiger partial charge in [-0.2, -0.15) is 0 Å². The Balaban J connectivity index is 1.37. The Morgan fingerprint density at radius 1 is 0.970 bits per heavy atom. The summed E-state index contributed by atoms with van der Waals surface area (Å²) in [6.45, 7) is 1.98. The maximum absolute atomic E-state index is 14.9. The van der Waals surface area contributed by atoms with E-state index in [0.29, 0.717) is 48.4 Å². The molecule has 33 heavy (non-hydrogen) atoms. The van der Waals surface area contributed by atoms with Crippen molar-refractivity contribution in [3.63, 3.8) is 0 Å². The fourth-order valence-corrected chi connectivity index (χ4v) is 4.75. The quantitative estimate of drug-likeness (QED) is 0.272. The Labute approximate surface area is 198 Å². The Hall–Kier alpha value is -2.72. The molecule has 1 aliphatic carbocycles. The zero-order valence-electron chi connectivity index (χ0n) is 18.6. The molecule has 1 unspecified atom stereocenters. The van der Waals surface area contributed by atoms with Crippen molar-refractivity contribution < 1.29 is 18.3 Å². The van der Waals surface area contributed by atoms with Crippen LogP contribution in [-0.2, 0) is 11.2 Å². The summed E-state index contributed by atoms with van der Waals surface area (Å²) >= 11 is 5.86. The second-order valence-electron chi connectivity index (χ2n) is 8.90. The molecule has 0 N–H and O–H groups in total. The van der Waals surface area contributed by atoms with E-state index < -0.39 is 11.6 Å². The third-order valence-corrected chi connectivity index (χ3v) is 6.86. The molecule has 0 radical (unpaired) electrons. The molecule has 0 aromatic heterocycles. The van der Waals surface area contributed by atoms with Gasteiger partial charge in [0.25, 0.3) is 0 Å². The molecule has 4 rings (SSSR count). The first-order chi connectivity index (χ1) is 15.9. The van der Waals surface area contributed by atoms with E-state index in [1.54, 1.807) is 24.3 Å². The molecule has 1 atom stereocenters. The lowest BCUT2D eigenvalue weighted by Gasteiger charge is -2.28. The van der Waals surface area contributed by atoms with Crippen molar-refractivity contribution in [1.82, 2.24) is 0 Å². The lowest BCUT2D eigenvalue weighted by Crippen LogP contribution is -2.25. The van der Waals surface area contributed by atoms with E-state index in [1.807, 2.05) is 37.3 Å².